The quantitative estimate of drug-likeness (QED) is 0.873. The van der Waals surface area contributed by atoms with E-state index in [1.165, 1.54) is 12.8 Å². The predicted molar refractivity (Wildman–Crippen MR) is 103 cm³/mol. The first kappa shape index (κ1) is 18.5. The van der Waals surface area contributed by atoms with Gasteiger partial charge in [0.1, 0.15) is 11.4 Å². The zero-order valence-corrected chi connectivity index (χ0v) is 15.8. The number of benzene rings is 1. The van der Waals surface area contributed by atoms with Crippen LogP contribution in [0.25, 0.3) is 0 Å². The first-order valence-electron chi connectivity index (χ1n) is 8.82. The fraction of sp³-hybridized carbons (Fsp3) is 0.421. The number of aromatic nitrogens is 2. The molecule has 0 aliphatic carbocycles. The van der Waals surface area contributed by atoms with E-state index >= 15 is 0 Å². The molecule has 0 spiro atoms. The highest BCUT2D eigenvalue weighted by Crippen LogP contribution is 2.27. The number of rotatable bonds is 4. The van der Waals surface area contributed by atoms with Gasteiger partial charge in [-0.3, -0.25) is 4.79 Å². The molecule has 0 bridgehead atoms. The van der Waals surface area contributed by atoms with Gasteiger partial charge in [0.15, 0.2) is 0 Å². The third kappa shape index (κ3) is 4.43. The first-order valence-corrected chi connectivity index (χ1v) is 9.20. The van der Waals surface area contributed by atoms with Crippen molar-refractivity contribution in [1.82, 2.24) is 9.97 Å². The van der Waals surface area contributed by atoms with E-state index in [4.69, 9.17) is 16.3 Å². The first-order chi connectivity index (χ1) is 12.6. The molecule has 6 nitrogen and oxygen atoms in total. The van der Waals surface area contributed by atoms with Crippen molar-refractivity contribution in [3.05, 3.63) is 40.7 Å². The lowest BCUT2D eigenvalue weighted by atomic mass is 10.2. The third-order valence-corrected chi connectivity index (χ3v) is 4.67. The van der Waals surface area contributed by atoms with Crippen molar-refractivity contribution in [2.75, 3.05) is 30.4 Å². The van der Waals surface area contributed by atoms with E-state index in [0.717, 1.165) is 31.6 Å². The average molecular weight is 375 g/mol. The Balaban J connectivity index is 1.79. The van der Waals surface area contributed by atoms with Crippen LogP contribution in [0, 0.1) is 6.92 Å². The summed E-state index contributed by atoms with van der Waals surface area (Å²) >= 11 is 6.12. The van der Waals surface area contributed by atoms with Crippen LogP contribution in [0.3, 0.4) is 0 Å². The van der Waals surface area contributed by atoms with Gasteiger partial charge in [0.25, 0.3) is 5.91 Å². The minimum absolute atomic E-state index is 0.284. The normalized spacial score (nSPS) is 14.7. The molecular formula is C19H23ClN4O2. The van der Waals surface area contributed by atoms with Crippen LogP contribution in [0.15, 0.2) is 24.3 Å². The number of amides is 1. The number of carbonyl (C=O) groups is 1. The largest absolute Gasteiger partial charge is 0.495 e. The summed E-state index contributed by atoms with van der Waals surface area (Å²) < 4.78 is 5.13. The zero-order valence-electron chi connectivity index (χ0n) is 15.1. The molecule has 1 aromatic carbocycles. The summed E-state index contributed by atoms with van der Waals surface area (Å²) in [4.78, 5) is 23.8. The van der Waals surface area contributed by atoms with Crippen molar-refractivity contribution in [2.24, 2.45) is 0 Å². The fourth-order valence-electron chi connectivity index (χ4n) is 3.02. The van der Waals surface area contributed by atoms with Gasteiger partial charge in [-0.15, -0.1) is 0 Å². The summed E-state index contributed by atoms with van der Waals surface area (Å²) in [6, 6.07) is 6.81. The van der Waals surface area contributed by atoms with Crippen molar-refractivity contribution >= 4 is 29.1 Å². The molecule has 1 N–H and O–H groups in total. The van der Waals surface area contributed by atoms with Gasteiger partial charge in [0, 0.05) is 24.5 Å². The monoisotopic (exact) mass is 374 g/mol. The Hall–Kier alpha value is -2.34. The summed E-state index contributed by atoms with van der Waals surface area (Å²) in [5.74, 6) is 0.906. The van der Waals surface area contributed by atoms with Gasteiger partial charge < -0.3 is 15.0 Å². The number of aryl methyl sites for hydroxylation is 1. The molecule has 0 radical (unpaired) electrons. The zero-order chi connectivity index (χ0) is 18.5. The third-order valence-electron chi connectivity index (χ3n) is 4.37. The maximum absolute atomic E-state index is 12.6. The fourth-order valence-corrected chi connectivity index (χ4v) is 3.28. The molecule has 2 aromatic rings. The second kappa shape index (κ2) is 8.36. The average Bonchev–Trinajstić information content (AvgIpc) is 2.91. The maximum atomic E-state index is 12.6. The Morgan fingerprint density at radius 2 is 1.88 bits per heavy atom. The van der Waals surface area contributed by atoms with Gasteiger partial charge in [-0.05, 0) is 44.0 Å². The maximum Gasteiger partial charge on any atom is 0.274 e. The molecule has 138 valence electrons. The SMILES string of the molecule is COc1ccc(NC(=O)c2cc(C)nc(N3CCCCCC3)n2)cc1Cl. The van der Waals surface area contributed by atoms with E-state index in [-0.39, 0.29) is 5.91 Å². The van der Waals surface area contributed by atoms with E-state index in [1.54, 1.807) is 31.4 Å². The van der Waals surface area contributed by atoms with Crippen molar-refractivity contribution in [3.63, 3.8) is 0 Å². The molecule has 2 heterocycles. The Morgan fingerprint density at radius 3 is 2.54 bits per heavy atom. The number of hydrogen-bond acceptors (Lipinski definition) is 5. The molecule has 0 unspecified atom stereocenters. The van der Waals surface area contributed by atoms with Gasteiger partial charge in [-0.1, -0.05) is 24.4 Å². The Kier molecular flexibility index (Phi) is 5.93. The molecule has 7 heteroatoms. The number of ether oxygens (including phenoxy) is 1. The predicted octanol–water partition coefficient (Wildman–Crippen LogP) is 4.08. The lowest BCUT2D eigenvalue weighted by molar-refractivity contribution is 0.102. The molecular weight excluding hydrogens is 352 g/mol. The molecule has 1 aromatic heterocycles. The highest BCUT2D eigenvalue weighted by Gasteiger charge is 2.17. The van der Waals surface area contributed by atoms with E-state index in [0.29, 0.717) is 28.1 Å². The van der Waals surface area contributed by atoms with Crippen molar-refractivity contribution in [3.8, 4) is 5.75 Å². The number of carbonyl (C=O) groups excluding carboxylic acids is 1. The van der Waals surface area contributed by atoms with Crippen LogP contribution in [0.4, 0.5) is 11.6 Å². The summed E-state index contributed by atoms with van der Waals surface area (Å²) in [5.41, 5.74) is 1.72. The van der Waals surface area contributed by atoms with E-state index in [2.05, 4.69) is 20.2 Å². The topological polar surface area (TPSA) is 67.3 Å². The number of halogens is 1. The summed E-state index contributed by atoms with van der Waals surface area (Å²) in [6.45, 7) is 3.74. The second-order valence-electron chi connectivity index (χ2n) is 6.40. The molecule has 1 saturated heterocycles. The van der Waals surface area contributed by atoms with Crippen molar-refractivity contribution in [2.45, 2.75) is 32.6 Å². The van der Waals surface area contributed by atoms with Gasteiger partial charge in [-0.2, -0.15) is 0 Å². The van der Waals surface area contributed by atoms with Crippen LogP contribution < -0.4 is 15.0 Å². The minimum atomic E-state index is -0.284. The highest BCUT2D eigenvalue weighted by molar-refractivity contribution is 6.32. The second-order valence-corrected chi connectivity index (χ2v) is 6.81. The standard InChI is InChI=1S/C19H23ClN4O2/c1-13-11-16(23-19(21-13)24-9-5-3-4-6-10-24)18(25)22-14-7-8-17(26-2)15(20)12-14/h7-8,11-12H,3-6,9-10H2,1-2H3,(H,22,25). The number of anilines is 2. The number of methoxy groups -OCH3 is 1. The van der Waals surface area contributed by atoms with Gasteiger partial charge in [-0.25, -0.2) is 9.97 Å². The van der Waals surface area contributed by atoms with Crippen molar-refractivity contribution in [1.29, 1.82) is 0 Å². The Bertz CT molecular complexity index is 789. The van der Waals surface area contributed by atoms with Crippen LogP contribution in [-0.4, -0.2) is 36.1 Å². The van der Waals surface area contributed by atoms with Gasteiger partial charge in [0.05, 0.1) is 12.1 Å². The van der Waals surface area contributed by atoms with E-state index < -0.39 is 0 Å². The van der Waals surface area contributed by atoms with E-state index in [9.17, 15) is 4.79 Å². The number of hydrogen-bond donors (Lipinski definition) is 1. The molecule has 1 aliphatic rings. The van der Waals surface area contributed by atoms with Crippen LogP contribution in [-0.2, 0) is 0 Å². The van der Waals surface area contributed by atoms with Crippen molar-refractivity contribution < 1.29 is 9.53 Å². The summed E-state index contributed by atoms with van der Waals surface area (Å²) in [5, 5.41) is 3.27. The lowest BCUT2D eigenvalue weighted by Gasteiger charge is -2.21. The van der Waals surface area contributed by atoms with Gasteiger partial charge >= 0.3 is 0 Å². The minimum Gasteiger partial charge on any atom is -0.495 e. The number of nitrogens with zero attached hydrogens (tertiary/aromatic N) is 3. The lowest BCUT2D eigenvalue weighted by Crippen LogP contribution is -2.27. The molecule has 1 fully saturated rings. The Morgan fingerprint density at radius 1 is 1.15 bits per heavy atom. The molecule has 26 heavy (non-hydrogen) atoms. The van der Waals surface area contributed by atoms with Gasteiger partial charge in [0.2, 0.25) is 5.95 Å². The molecule has 0 atom stereocenters. The van der Waals surface area contributed by atoms with Crippen LogP contribution in [0.2, 0.25) is 5.02 Å². The summed E-state index contributed by atoms with van der Waals surface area (Å²) in [7, 11) is 1.55. The molecule has 3 rings (SSSR count). The Labute approximate surface area is 158 Å². The molecule has 1 aliphatic heterocycles. The van der Waals surface area contributed by atoms with E-state index in [1.807, 2.05) is 6.92 Å². The highest BCUT2D eigenvalue weighted by atomic mass is 35.5. The summed E-state index contributed by atoms with van der Waals surface area (Å²) in [6.07, 6.45) is 4.72. The van der Waals surface area contributed by atoms with Crippen LogP contribution >= 0.6 is 11.6 Å². The van der Waals surface area contributed by atoms with Crippen LogP contribution in [0.5, 0.6) is 5.75 Å². The smallest absolute Gasteiger partial charge is 0.274 e. The van der Waals surface area contributed by atoms with Crippen LogP contribution in [0.1, 0.15) is 41.9 Å². The molecule has 1 amide bonds. The molecule has 0 saturated carbocycles. The number of nitrogens with one attached hydrogen (secondary N) is 1.